The molecule has 0 radical (unpaired) electrons. The number of nitrogens with one attached hydrogen (secondary N) is 1. The molecule has 3 amide bonds. The molecule has 0 aromatic heterocycles. The minimum atomic E-state index is -3.59. The van der Waals surface area contributed by atoms with Gasteiger partial charge in [0.2, 0.25) is 27.7 Å². The summed E-state index contributed by atoms with van der Waals surface area (Å²) in [5.74, 6) is -0.390. The number of rotatable bonds is 7. The van der Waals surface area contributed by atoms with Gasteiger partial charge < -0.3 is 15.1 Å². The van der Waals surface area contributed by atoms with Crippen LogP contribution in [0.1, 0.15) is 31.2 Å². The minimum absolute atomic E-state index is 0.0214. The molecular weight excluding hydrogens is 468 g/mol. The van der Waals surface area contributed by atoms with Gasteiger partial charge in [0.15, 0.2) is 0 Å². The molecule has 0 aliphatic carbocycles. The van der Waals surface area contributed by atoms with E-state index in [4.69, 9.17) is 0 Å². The van der Waals surface area contributed by atoms with Crippen LogP contribution in [-0.2, 0) is 24.4 Å². The monoisotopic (exact) mass is 498 g/mol. The number of anilines is 2. The molecule has 2 aromatic rings. The average Bonchev–Trinajstić information content (AvgIpc) is 3.29. The SMILES string of the molecule is Cc1ccc(S(=O)(=O)N2CCN(C(=O)CCC(=O)Nc3cccc(N4CCCC4=O)c3)CC2)cc1. The van der Waals surface area contributed by atoms with E-state index in [1.165, 1.54) is 4.31 Å². The third-order valence-electron chi connectivity index (χ3n) is 6.33. The number of nitrogens with zero attached hydrogens (tertiary/aromatic N) is 3. The zero-order chi connectivity index (χ0) is 25.0. The molecule has 2 aliphatic rings. The average molecular weight is 499 g/mol. The highest BCUT2D eigenvalue weighted by molar-refractivity contribution is 7.89. The van der Waals surface area contributed by atoms with E-state index in [9.17, 15) is 22.8 Å². The Bertz CT molecular complexity index is 1200. The molecule has 4 rings (SSSR count). The Morgan fingerprint density at radius 3 is 2.31 bits per heavy atom. The van der Waals surface area contributed by atoms with Crippen molar-refractivity contribution in [2.75, 3.05) is 42.9 Å². The molecule has 0 unspecified atom stereocenters. The molecule has 0 spiro atoms. The topological polar surface area (TPSA) is 107 Å². The van der Waals surface area contributed by atoms with Crippen LogP contribution < -0.4 is 10.2 Å². The first-order chi connectivity index (χ1) is 16.7. The van der Waals surface area contributed by atoms with Crippen LogP contribution in [0.25, 0.3) is 0 Å². The van der Waals surface area contributed by atoms with Gasteiger partial charge in [-0.3, -0.25) is 14.4 Å². The Balaban J connectivity index is 1.25. The first-order valence-corrected chi connectivity index (χ1v) is 13.2. The van der Waals surface area contributed by atoms with Gasteiger partial charge in [-0.05, 0) is 43.7 Å². The highest BCUT2D eigenvalue weighted by Gasteiger charge is 2.30. The number of hydrogen-bond donors (Lipinski definition) is 1. The summed E-state index contributed by atoms with van der Waals surface area (Å²) in [7, 11) is -3.59. The van der Waals surface area contributed by atoms with E-state index in [-0.39, 0.29) is 61.6 Å². The van der Waals surface area contributed by atoms with Crippen LogP contribution in [0.5, 0.6) is 0 Å². The number of amides is 3. The summed E-state index contributed by atoms with van der Waals surface area (Å²) < 4.78 is 27.1. The molecule has 35 heavy (non-hydrogen) atoms. The lowest BCUT2D eigenvalue weighted by atomic mass is 10.2. The molecule has 186 valence electrons. The van der Waals surface area contributed by atoms with Gasteiger partial charge in [-0.1, -0.05) is 23.8 Å². The Hall–Kier alpha value is -3.24. The second kappa shape index (κ2) is 10.6. The largest absolute Gasteiger partial charge is 0.340 e. The smallest absolute Gasteiger partial charge is 0.243 e. The number of piperazine rings is 1. The van der Waals surface area contributed by atoms with Gasteiger partial charge in [-0.25, -0.2) is 8.42 Å². The molecule has 0 atom stereocenters. The zero-order valence-corrected chi connectivity index (χ0v) is 20.6. The van der Waals surface area contributed by atoms with Crippen molar-refractivity contribution in [3.63, 3.8) is 0 Å². The molecule has 2 aliphatic heterocycles. The third-order valence-corrected chi connectivity index (χ3v) is 8.24. The lowest BCUT2D eigenvalue weighted by Gasteiger charge is -2.34. The maximum absolute atomic E-state index is 12.8. The van der Waals surface area contributed by atoms with Crippen LogP contribution >= 0.6 is 0 Å². The van der Waals surface area contributed by atoms with E-state index < -0.39 is 10.0 Å². The summed E-state index contributed by atoms with van der Waals surface area (Å²) in [4.78, 5) is 40.5. The second-order valence-electron chi connectivity index (χ2n) is 8.85. The second-order valence-corrected chi connectivity index (χ2v) is 10.8. The predicted octanol–water partition coefficient (Wildman–Crippen LogP) is 2.37. The number of sulfonamides is 1. The maximum atomic E-state index is 12.8. The van der Waals surface area contributed by atoms with Crippen molar-refractivity contribution in [2.45, 2.75) is 37.5 Å². The number of hydrogen-bond acceptors (Lipinski definition) is 5. The van der Waals surface area contributed by atoms with E-state index in [2.05, 4.69) is 5.32 Å². The molecule has 0 bridgehead atoms. The fourth-order valence-corrected chi connectivity index (χ4v) is 5.73. The van der Waals surface area contributed by atoms with Gasteiger partial charge in [0.25, 0.3) is 0 Å². The van der Waals surface area contributed by atoms with Crippen molar-refractivity contribution < 1.29 is 22.8 Å². The van der Waals surface area contributed by atoms with E-state index in [0.29, 0.717) is 18.7 Å². The van der Waals surface area contributed by atoms with E-state index in [1.807, 2.05) is 13.0 Å². The molecule has 10 heteroatoms. The van der Waals surface area contributed by atoms with Gasteiger partial charge in [0, 0.05) is 63.4 Å². The van der Waals surface area contributed by atoms with Crippen LogP contribution in [0.2, 0.25) is 0 Å². The summed E-state index contributed by atoms with van der Waals surface area (Å²) in [5.41, 5.74) is 2.31. The highest BCUT2D eigenvalue weighted by atomic mass is 32.2. The van der Waals surface area contributed by atoms with Gasteiger partial charge in [-0.2, -0.15) is 4.31 Å². The molecule has 9 nitrogen and oxygen atoms in total. The zero-order valence-electron chi connectivity index (χ0n) is 19.8. The van der Waals surface area contributed by atoms with Crippen molar-refractivity contribution in [1.82, 2.24) is 9.21 Å². The van der Waals surface area contributed by atoms with Crippen LogP contribution in [0.4, 0.5) is 11.4 Å². The summed E-state index contributed by atoms with van der Waals surface area (Å²) in [6.07, 6.45) is 1.42. The summed E-state index contributed by atoms with van der Waals surface area (Å²) >= 11 is 0. The quantitative estimate of drug-likeness (QED) is 0.631. The lowest BCUT2D eigenvalue weighted by Crippen LogP contribution is -2.50. The van der Waals surface area contributed by atoms with Crippen LogP contribution in [0.15, 0.2) is 53.4 Å². The third kappa shape index (κ3) is 5.88. The fraction of sp³-hybridized carbons (Fsp3) is 0.400. The van der Waals surface area contributed by atoms with Gasteiger partial charge in [0.1, 0.15) is 0 Å². The van der Waals surface area contributed by atoms with Crippen LogP contribution in [0, 0.1) is 6.92 Å². The van der Waals surface area contributed by atoms with E-state index in [1.54, 1.807) is 52.3 Å². The van der Waals surface area contributed by atoms with Crippen LogP contribution in [-0.4, -0.2) is 68.1 Å². The van der Waals surface area contributed by atoms with Gasteiger partial charge >= 0.3 is 0 Å². The Kier molecular flexibility index (Phi) is 7.51. The number of carbonyl (C=O) groups is 3. The molecule has 2 fully saturated rings. The highest BCUT2D eigenvalue weighted by Crippen LogP contribution is 2.24. The van der Waals surface area contributed by atoms with Crippen molar-refractivity contribution in [2.24, 2.45) is 0 Å². The van der Waals surface area contributed by atoms with Crippen LogP contribution in [0.3, 0.4) is 0 Å². The normalized spacial score (nSPS) is 17.0. The van der Waals surface area contributed by atoms with Gasteiger partial charge in [0.05, 0.1) is 4.90 Å². The van der Waals surface area contributed by atoms with Crippen molar-refractivity contribution in [1.29, 1.82) is 0 Å². The number of carbonyl (C=O) groups excluding carboxylic acids is 3. The summed E-state index contributed by atoms with van der Waals surface area (Å²) in [6, 6.07) is 13.8. The summed E-state index contributed by atoms with van der Waals surface area (Å²) in [5, 5.41) is 2.79. The van der Waals surface area contributed by atoms with E-state index in [0.717, 1.165) is 17.7 Å². The molecule has 2 aromatic carbocycles. The van der Waals surface area contributed by atoms with Crippen molar-refractivity contribution >= 4 is 39.1 Å². The Morgan fingerprint density at radius 1 is 0.943 bits per heavy atom. The predicted molar refractivity (Wildman–Crippen MR) is 132 cm³/mol. The van der Waals surface area contributed by atoms with Gasteiger partial charge in [-0.15, -0.1) is 0 Å². The van der Waals surface area contributed by atoms with E-state index >= 15 is 0 Å². The molecule has 1 N–H and O–H groups in total. The standard InChI is InChI=1S/C25H30N4O5S/c1-19-7-9-22(10-8-19)35(33,34)28-16-14-27(15-17-28)24(31)12-11-23(30)26-20-4-2-5-21(18-20)29-13-3-6-25(29)32/h2,4-5,7-10,18H,3,6,11-17H2,1H3,(H,26,30). The first-order valence-electron chi connectivity index (χ1n) is 11.8. The fourth-order valence-electron chi connectivity index (χ4n) is 4.31. The number of benzene rings is 2. The van der Waals surface area contributed by atoms with Crippen molar-refractivity contribution in [3.05, 3.63) is 54.1 Å². The number of aryl methyl sites for hydroxylation is 1. The maximum Gasteiger partial charge on any atom is 0.243 e. The Morgan fingerprint density at radius 2 is 1.66 bits per heavy atom. The molecule has 2 heterocycles. The van der Waals surface area contributed by atoms with Crippen molar-refractivity contribution in [3.8, 4) is 0 Å². The molecular formula is C25H30N4O5S. The molecule has 2 saturated heterocycles. The lowest BCUT2D eigenvalue weighted by molar-refractivity contribution is -0.133. The summed E-state index contributed by atoms with van der Waals surface area (Å²) in [6.45, 7) is 3.58. The molecule has 0 saturated carbocycles. The first kappa shape index (κ1) is 24.9. The Labute approximate surface area is 205 Å². The minimum Gasteiger partial charge on any atom is -0.340 e.